The molecule has 1 N–H and O–H groups in total. The molecule has 0 saturated carbocycles. The lowest BCUT2D eigenvalue weighted by molar-refractivity contribution is 0.0954. The van der Waals surface area contributed by atoms with Crippen molar-refractivity contribution >= 4 is 34.5 Å². The molecule has 0 radical (unpaired) electrons. The van der Waals surface area contributed by atoms with Crippen molar-refractivity contribution in [2.45, 2.75) is 13.5 Å². The first-order chi connectivity index (χ1) is 15.0. The third-order valence-electron chi connectivity index (χ3n) is 4.76. The van der Waals surface area contributed by atoms with Gasteiger partial charge < -0.3 is 5.32 Å². The molecule has 0 aliphatic heterocycles. The molecule has 2 aromatic heterocycles. The van der Waals surface area contributed by atoms with Gasteiger partial charge in [-0.25, -0.2) is 13.9 Å². The number of rotatable bonds is 5. The van der Waals surface area contributed by atoms with Crippen LogP contribution < -0.4 is 5.32 Å². The van der Waals surface area contributed by atoms with Gasteiger partial charge >= 0.3 is 0 Å². The summed E-state index contributed by atoms with van der Waals surface area (Å²) in [6, 6.07) is 13.5. The van der Waals surface area contributed by atoms with Gasteiger partial charge in [0.2, 0.25) is 5.69 Å². The number of halogens is 2. The molecule has 5 nitrogen and oxygen atoms in total. The van der Waals surface area contributed by atoms with Gasteiger partial charge in [0.05, 0.1) is 22.8 Å². The van der Waals surface area contributed by atoms with Crippen molar-refractivity contribution in [3.05, 3.63) is 98.4 Å². The number of thiophene rings is 1. The highest BCUT2D eigenvalue weighted by Crippen LogP contribution is 2.30. The smallest absolute Gasteiger partial charge is 0.261 e. The van der Waals surface area contributed by atoms with Crippen molar-refractivity contribution in [1.82, 2.24) is 15.1 Å². The van der Waals surface area contributed by atoms with Crippen molar-refractivity contribution < 1.29 is 9.18 Å². The maximum atomic E-state index is 14.6. The maximum Gasteiger partial charge on any atom is 0.261 e. The van der Waals surface area contributed by atoms with Crippen LogP contribution in [0.2, 0.25) is 5.02 Å². The molecule has 0 saturated heterocycles. The van der Waals surface area contributed by atoms with E-state index in [2.05, 4.69) is 15.3 Å². The minimum atomic E-state index is -0.429. The second kappa shape index (κ2) is 8.72. The molecular formula is C23H16ClFN4OS. The Labute approximate surface area is 187 Å². The number of carbonyl (C=O) groups excluding carboxylic acids is 1. The van der Waals surface area contributed by atoms with Crippen LogP contribution in [0.4, 0.5) is 10.1 Å². The average Bonchev–Trinajstić information content (AvgIpc) is 3.42. The molecular weight excluding hydrogens is 435 g/mol. The SMILES string of the molecule is [C-]#[N+]c1ccc(-c2ccn(-c3ccc(CNC(=O)c4sccc4C)c(F)c3)n2)cc1Cl. The molecule has 0 bridgehead atoms. The topological polar surface area (TPSA) is 51.3 Å². The van der Waals surface area contributed by atoms with Crippen molar-refractivity contribution in [2.75, 3.05) is 0 Å². The van der Waals surface area contributed by atoms with Crippen LogP contribution >= 0.6 is 22.9 Å². The summed E-state index contributed by atoms with van der Waals surface area (Å²) in [5.74, 6) is -0.641. The quantitative estimate of drug-likeness (QED) is 0.369. The number of aryl methyl sites for hydroxylation is 1. The van der Waals surface area contributed by atoms with E-state index in [1.54, 1.807) is 47.3 Å². The molecule has 2 heterocycles. The summed E-state index contributed by atoms with van der Waals surface area (Å²) in [6.07, 6.45) is 1.72. The Kier molecular flexibility index (Phi) is 5.85. The Morgan fingerprint density at radius 3 is 2.77 bits per heavy atom. The number of nitrogens with zero attached hydrogens (tertiary/aromatic N) is 3. The normalized spacial score (nSPS) is 10.6. The van der Waals surface area contributed by atoms with E-state index >= 15 is 0 Å². The lowest BCUT2D eigenvalue weighted by Gasteiger charge is -2.08. The zero-order valence-electron chi connectivity index (χ0n) is 16.4. The predicted molar refractivity (Wildman–Crippen MR) is 120 cm³/mol. The van der Waals surface area contributed by atoms with Crippen molar-refractivity contribution in [3.8, 4) is 16.9 Å². The van der Waals surface area contributed by atoms with E-state index in [1.807, 2.05) is 18.4 Å². The van der Waals surface area contributed by atoms with Gasteiger partial charge in [0.25, 0.3) is 5.91 Å². The maximum absolute atomic E-state index is 14.6. The van der Waals surface area contributed by atoms with E-state index in [0.29, 0.717) is 32.5 Å². The van der Waals surface area contributed by atoms with Crippen LogP contribution in [0, 0.1) is 19.3 Å². The number of hydrogen-bond donors (Lipinski definition) is 1. The van der Waals surface area contributed by atoms with Crippen molar-refractivity contribution in [3.63, 3.8) is 0 Å². The molecule has 0 spiro atoms. The standard InChI is InChI=1S/C23H16ClFN4OS/c1-14-8-10-31-22(14)23(30)27-13-16-3-5-17(12-19(16)25)29-9-7-20(28-29)15-4-6-21(26-2)18(24)11-15/h3-12H,13H2,1H3,(H,27,30). The number of hydrogen-bond acceptors (Lipinski definition) is 3. The Morgan fingerprint density at radius 2 is 2.10 bits per heavy atom. The van der Waals surface area contributed by atoms with E-state index in [-0.39, 0.29) is 12.5 Å². The molecule has 0 aliphatic rings. The molecule has 4 aromatic rings. The van der Waals surface area contributed by atoms with Crippen LogP contribution in [0.15, 0.2) is 60.1 Å². The van der Waals surface area contributed by atoms with E-state index in [9.17, 15) is 9.18 Å². The third-order valence-corrected chi connectivity index (χ3v) is 6.08. The van der Waals surface area contributed by atoms with Crippen molar-refractivity contribution in [2.24, 2.45) is 0 Å². The third kappa shape index (κ3) is 4.36. The van der Waals surface area contributed by atoms with E-state index in [0.717, 1.165) is 11.1 Å². The fourth-order valence-electron chi connectivity index (χ4n) is 3.06. The van der Waals surface area contributed by atoms with Gasteiger partial charge in [-0.3, -0.25) is 4.79 Å². The van der Waals surface area contributed by atoms with Gasteiger partial charge in [-0.1, -0.05) is 29.8 Å². The van der Waals surface area contributed by atoms with Crippen LogP contribution in [0.25, 0.3) is 21.8 Å². The van der Waals surface area contributed by atoms with Crippen LogP contribution in [-0.2, 0) is 6.54 Å². The summed E-state index contributed by atoms with van der Waals surface area (Å²) in [6.45, 7) is 9.04. The summed E-state index contributed by atoms with van der Waals surface area (Å²) in [5, 5.41) is 9.45. The van der Waals surface area contributed by atoms with Gasteiger partial charge in [0.15, 0.2) is 0 Å². The molecule has 0 atom stereocenters. The van der Waals surface area contributed by atoms with E-state index < -0.39 is 5.82 Å². The average molecular weight is 451 g/mol. The van der Waals surface area contributed by atoms with Gasteiger partial charge in [0.1, 0.15) is 5.82 Å². The second-order valence-corrected chi connectivity index (χ2v) is 8.14. The summed E-state index contributed by atoms with van der Waals surface area (Å²) >= 11 is 7.47. The number of carbonyl (C=O) groups is 1. The number of nitrogens with one attached hydrogen (secondary N) is 1. The largest absolute Gasteiger partial charge is 0.347 e. The number of benzene rings is 2. The molecule has 4 rings (SSSR count). The lowest BCUT2D eigenvalue weighted by atomic mass is 10.1. The molecule has 154 valence electrons. The van der Waals surface area contributed by atoms with E-state index in [4.69, 9.17) is 18.2 Å². The van der Waals surface area contributed by atoms with Crippen LogP contribution in [0.5, 0.6) is 0 Å². The molecule has 0 fully saturated rings. The Balaban J connectivity index is 1.50. The highest BCUT2D eigenvalue weighted by Gasteiger charge is 2.13. The molecule has 31 heavy (non-hydrogen) atoms. The van der Waals surface area contributed by atoms with Gasteiger partial charge in [-0.05, 0) is 48.2 Å². The highest BCUT2D eigenvalue weighted by molar-refractivity contribution is 7.12. The monoisotopic (exact) mass is 450 g/mol. The van der Waals surface area contributed by atoms with Crippen molar-refractivity contribution in [1.29, 1.82) is 0 Å². The Bertz CT molecular complexity index is 1320. The van der Waals surface area contributed by atoms with Gasteiger partial charge in [-0.15, -0.1) is 11.3 Å². The molecule has 8 heteroatoms. The first kappa shape index (κ1) is 20.8. The fourth-order valence-corrected chi connectivity index (χ4v) is 4.13. The Morgan fingerprint density at radius 1 is 1.26 bits per heavy atom. The minimum absolute atomic E-state index is 0.0958. The number of amides is 1. The zero-order chi connectivity index (χ0) is 22.0. The van der Waals surface area contributed by atoms with Gasteiger partial charge in [0, 0.05) is 28.9 Å². The summed E-state index contributed by atoms with van der Waals surface area (Å²) in [7, 11) is 0. The number of aromatic nitrogens is 2. The molecule has 1 amide bonds. The minimum Gasteiger partial charge on any atom is -0.347 e. The lowest BCUT2D eigenvalue weighted by Crippen LogP contribution is -2.23. The molecule has 0 aliphatic carbocycles. The fraction of sp³-hybridized carbons (Fsp3) is 0.0870. The summed E-state index contributed by atoms with van der Waals surface area (Å²) in [4.78, 5) is 16.2. The van der Waals surface area contributed by atoms with Crippen LogP contribution in [-0.4, -0.2) is 15.7 Å². The summed E-state index contributed by atoms with van der Waals surface area (Å²) < 4.78 is 16.2. The second-order valence-electron chi connectivity index (χ2n) is 6.81. The Hall–Kier alpha value is -3.47. The first-order valence-corrected chi connectivity index (χ1v) is 10.6. The first-order valence-electron chi connectivity index (χ1n) is 9.30. The van der Waals surface area contributed by atoms with Crippen LogP contribution in [0.3, 0.4) is 0 Å². The van der Waals surface area contributed by atoms with Crippen LogP contribution in [0.1, 0.15) is 20.8 Å². The molecule has 2 aromatic carbocycles. The summed E-state index contributed by atoms with van der Waals surface area (Å²) in [5.41, 5.74) is 3.64. The molecule has 0 unspecified atom stereocenters. The highest BCUT2D eigenvalue weighted by atomic mass is 35.5. The zero-order valence-corrected chi connectivity index (χ0v) is 18.0. The van der Waals surface area contributed by atoms with E-state index in [1.165, 1.54) is 17.4 Å². The predicted octanol–water partition coefficient (Wildman–Crippen LogP) is 6.18. The van der Waals surface area contributed by atoms with Gasteiger partial charge in [-0.2, -0.15) is 5.10 Å².